The number of carbonyl (C=O) groups is 1. The fourth-order valence-electron chi connectivity index (χ4n) is 2.60. The summed E-state index contributed by atoms with van der Waals surface area (Å²) >= 11 is 0. The highest BCUT2D eigenvalue weighted by atomic mass is 32.2. The van der Waals surface area contributed by atoms with Crippen molar-refractivity contribution in [3.8, 4) is 0 Å². The van der Waals surface area contributed by atoms with Crippen LogP contribution in [-0.4, -0.2) is 40.9 Å². The molecule has 96 valence electrons. The van der Waals surface area contributed by atoms with Gasteiger partial charge in [0.25, 0.3) is 15.9 Å². The predicted octanol–water partition coefficient (Wildman–Crippen LogP) is 0.139. The quantitative estimate of drug-likeness (QED) is 0.782. The Labute approximate surface area is 104 Å². The molecule has 0 bridgehead atoms. The molecule has 0 saturated heterocycles. The number of hydrogen-bond donors (Lipinski definition) is 1. The van der Waals surface area contributed by atoms with Crippen LogP contribution in [0.15, 0.2) is 23.4 Å². The number of nitrogens with zero attached hydrogens (tertiary/aromatic N) is 2. The molecule has 1 aliphatic heterocycles. The Hall–Kier alpha value is -1.47. The van der Waals surface area contributed by atoms with Crippen LogP contribution in [0.2, 0.25) is 0 Å². The highest BCUT2D eigenvalue weighted by molar-refractivity contribution is 7.90. The topological polar surface area (TPSA) is 87.6 Å². The predicted molar refractivity (Wildman–Crippen MR) is 61.2 cm³/mol. The maximum Gasteiger partial charge on any atom is 0.285 e. The standard InChI is InChI=1S/C11H12N2O4S/c14-9-5-1-4-8(9)13-11(15)7-3-2-6-12-10(7)18(13,16)17/h2-3,6,8-9,14H,1,4-5H2/t8-,9-/m0/s1. The number of aliphatic hydroxyl groups is 1. The van der Waals surface area contributed by atoms with Crippen LogP contribution in [0.4, 0.5) is 0 Å². The second kappa shape index (κ2) is 3.76. The smallest absolute Gasteiger partial charge is 0.285 e. The summed E-state index contributed by atoms with van der Waals surface area (Å²) < 4.78 is 25.3. The fraction of sp³-hybridized carbons (Fsp3) is 0.455. The van der Waals surface area contributed by atoms with Crippen molar-refractivity contribution < 1.29 is 18.3 Å². The van der Waals surface area contributed by atoms with E-state index in [2.05, 4.69) is 4.98 Å². The van der Waals surface area contributed by atoms with Gasteiger partial charge in [-0.25, -0.2) is 9.29 Å². The maximum atomic E-state index is 12.3. The Morgan fingerprint density at radius 2 is 2.17 bits per heavy atom. The van der Waals surface area contributed by atoms with E-state index in [9.17, 15) is 18.3 Å². The number of fused-ring (bicyclic) bond motifs is 1. The van der Waals surface area contributed by atoms with Gasteiger partial charge in [-0.1, -0.05) is 0 Å². The largest absolute Gasteiger partial charge is 0.391 e. The van der Waals surface area contributed by atoms with Crippen molar-refractivity contribution in [1.29, 1.82) is 0 Å². The van der Waals surface area contributed by atoms with E-state index >= 15 is 0 Å². The number of rotatable bonds is 1. The van der Waals surface area contributed by atoms with Crippen LogP contribution in [0.1, 0.15) is 29.6 Å². The molecule has 1 saturated carbocycles. The molecule has 0 aromatic carbocycles. The number of amides is 1. The Balaban J connectivity index is 2.12. The maximum absolute atomic E-state index is 12.3. The first-order valence-corrected chi connectivity index (χ1v) is 7.19. The average Bonchev–Trinajstić information content (AvgIpc) is 2.82. The summed E-state index contributed by atoms with van der Waals surface area (Å²) in [4.78, 5) is 15.9. The van der Waals surface area contributed by atoms with Crippen LogP contribution in [0.25, 0.3) is 0 Å². The van der Waals surface area contributed by atoms with Crippen molar-refractivity contribution in [2.45, 2.75) is 36.4 Å². The highest BCUT2D eigenvalue weighted by Crippen LogP contribution is 2.35. The van der Waals surface area contributed by atoms with Crippen molar-refractivity contribution in [3.63, 3.8) is 0 Å². The molecule has 2 atom stereocenters. The van der Waals surface area contributed by atoms with Crippen molar-refractivity contribution in [3.05, 3.63) is 23.9 Å². The molecule has 1 aromatic heterocycles. The van der Waals surface area contributed by atoms with Crippen LogP contribution in [0, 0.1) is 0 Å². The van der Waals surface area contributed by atoms with E-state index in [1.165, 1.54) is 18.3 Å². The number of aliphatic hydroxyl groups excluding tert-OH is 1. The Bertz CT molecular complexity index is 613. The molecule has 18 heavy (non-hydrogen) atoms. The van der Waals surface area contributed by atoms with E-state index in [1.807, 2.05) is 0 Å². The lowest BCUT2D eigenvalue weighted by Gasteiger charge is -2.24. The minimum Gasteiger partial charge on any atom is -0.391 e. The van der Waals surface area contributed by atoms with E-state index in [0.717, 1.165) is 10.7 Å². The summed E-state index contributed by atoms with van der Waals surface area (Å²) in [6.07, 6.45) is 2.30. The molecule has 3 rings (SSSR count). The summed E-state index contributed by atoms with van der Waals surface area (Å²) in [6.45, 7) is 0. The third kappa shape index (κ3) is 1.40. The normalized spacial score (nSPS) is 29.6. The third-order valence-electron chi connectivity index (χ3n) is 3.45. The van der Waals surface area contributed by atoms with Gasteiger partial charge in [-0.3, -0.25) is 4.79 Å². The molecule has 1 amide bonds. The fourth-order valence-corrected chi connectivity index (χ4v) is 4.34. The number of aromatic nitrogens is 1. The summed E-state index contributed by atoms with van der Waals surface area (Å²) in [5, 5.41) is 9.60. The number of hydrogen-bond acceptors (Lipinski definition) is 5. The Morgan fingerprint density at radius 3 is 2.78 bits per heavy atom. The third-order valence-corrected chi connectivity index (χ3v) is 5.22. The van der Waals surface area contributed by atoms with Crippen molar-refractivity contribution in [2.24, 2.45) is 0 Å². The number of carbonyl (C=O) groups excluding carboxylic acids is 1. The van der Waals surface area contributed by atoms with Crippen molar-refractivity contribution in [2.75, 3.05) is 0 Å². The minimum atomic E-state index is -3.90. The van der Waals surface area contributed by atoms with Gasteiger partial charge in [-0.05, 0) is 31.4 Å². The molecule has 6 nitrogen and oxygen atoms in total. The Kier molecular flexibility index (Phi) is 2.43. The van der Waals surface area contributed by atoms with Crippen LogP contribution in [0.5, 0.6) is 0 Å². The molecule has 2 aliphatic rings. The number of pyridine rings is 1. The summed E-state index contributed by atoms with van der Waals surface area (Å²) in [5.74, 6) is -0.580. The molecule has 1 aliphatic carbocycles. The molecule has 1 fully saturated rings. The molecule has 0 radical (unpaired) electrons. The van der Waals surface area contributed by atoms with Gasteiger partial charge in [-0.15, -0.1) is 0 Å². The zero-order valence-corrected chi connectivity index (χ0v) is 10.3. The summed E-state index contributed by atoms with van der Waals surface area (Å²) in [5.41, 5.74) is 0.0941. The first-order chi connectivity index (χ1) is 8.53. The van der Waals surface area contributed by atoms with E-state index in [4.69, 9.17) is 0 Å². The molecule has 2 heterocycles. The van der Waals surface area contributed by atoms with Crippen LogP contribution in [0.3, 0.4) is 0 Å². The second-order valence-electron chi connectivity index (χ2n) is 4.53. The van der Waals surface area contributed by atoms with Gasteiger partial charge in [0.05, 0.1) is 17.7 Å². The first kappa shape index (κ1) is 11.6. The van der Waals surface area contributed by atoms with Crippen molar-refractivity contribution >= 4 is 15.9 Å². The van der Waals surface area contributed by atoms with Gasteiger partial charge < -0.3 is 5.11 Å². The lowest BCUT2D eigenvalue weighted by Crippen LogP contribution is -2.44. The monoisotopic (exact) mass is 268 g/mol. The average molecular weight is 268 g/mol. The summed E-state index contributed by atoms with van der Waals surface area (Å²) in [6, 6.07) is 2.32. The molecular weight excluding hydrogens is 256 g/mol. The molecule has 0 spiro atoms. The van der Waals surface area contributed by atoms with Gasteiger partial charge in [0.2, 0.25) is 0 Å². The lowest BCUT2D eigenvalue weighted by molar-refractivity contribution is 0.0696. The summed E-state index contributed by atoms with van der Waals surface area (Å²) in [7, 11) is -3.90. The number of sulfonamides is 1. The second-order valence-corrected chi connectivity index (χ2v) is 6.26. The Morgan fingerprint density at radius 1 is 1.39 bits per heavy atom. The lowest BCUT2D eigenvalue weighted by atomic mass is 10.2. The van der Waals surface area contributed by atoms with Crippen molar-refractivity contribution in [1.82, 2.24) is 9.29 Å². The molecular formula is C11H12N2O4S. The first-order valence-electron chi connectivity index (χ1n) is 5.75. The van der Waals surface area contributed by atoms with Crippen LogP contribution in [-0.2, 0) is 10.0 Å². The van der Waals surface area contributed by atoms with Gasteiger partial charge in [-0.2, -0.15) is 8.42 Å². The van der Waals surface area contributed by atoms with Gasteiger partial charge in [0.15, 0.2) is 5.03 Å². The minimum absolute atomic E-state index is 0.0941. The highest BCUT2D eigenvalue weighted by Gasteiger charge is 2.49. The SMILES string of the molecule is O=C1c2cccnc2S(=O)(=O)N1[C@H]1CCC[C@@H]1O. The van der Waals surface area contributed by atoms with E-state index in [0.29, 0.717) is 12.8 Å². The molecule has 1 aromatic rings. The van der Waals surface area contributed by atoms with Gasteiger partial charge in [0, 0.05) is 6.20 Å². The van der Waals surface area contributed by atoms with Gasteiger partial charge >= 0.3 is 0 Å². The van der Waals surface area contributed by atoms with Crippen LogP contribution >= 0.6 is 0 Å². The van der Waals surface area contributed by atoms with Gasteiger partial charge in [0.1, 0.15) is 0 Å². The zero-order valence-electron chi connectivity index (χ0n) is 9.48. The van der Waals surface area contributed by atoms with E-state index in [-0.39, 0.29) is 10.6 Å². The van der Waals surface area contributed by atoms with E-state index < -0.39 is 28.1 Å². The van der Waals surface area contributed by atoms with Crippen LogP contribution < -0.4 is 0 Å². The molecule has 7 heteroatoms. The molecule has 1 N–H and O–H groups in total. The van der Waals surface area contributed by atoms with E-state index in [1.54, 1.807) is 0 Å². The molecule has 0 unspecified atom stereocenters. The zero-order chi connectivity index (χ0) is 12.9.